The van der Waals surface area contributed by atoms with E-state index in [0.717, 1.165) is 12.8 Å². The van der Waals surface area contributed by atoms with Crippen LogP contribution in [-0.2, 0) is 25.0 Å². The molecular formula is C6H12O6. The van der Waals surface area contributed by atoms with Crippen molar-refractivity contribution >= 4 is 0 Å². The quantitative estimate of drug-likeness (QED) is 0.264. The molecule has 0 aliphatic rings. The fraction of sp³-hybridized carbons (Fsp3) is 0.667. The average molecular weight is 180 g/mol. The molecule has 0 heterocycles. The van der Waals surface area contributed by atoms with Gasteiger partial charge in [-0.15, -0.1) is 0 Å². The molecular weight excluding hydrogens is 168 g/mol. The molecule has 0 bridgehead atoms. The van der Waals surface area contributed by atoms with Crippen molar-refractivity contribution < 1.29 is 30.3 Å². The zero-order valence-electron chi connectivity index (χ0n) is 6.76. The highest BCUT2D eigenvalue weighted by molar-refractivity contribution is 4.75. The minimum atomic E-state index is 0.360. The standard InChI is InChI=1S/C6H12O6/c1-2-3-4-5-6-8-10-12-11-9-7/h2-3,7H,4-6H2,1H3/b3-2-. The second-order valence-electron chi connectivity index (χ2n) is 1.81. The molecule has 0 saturated heterocycles. The zero-order chi connectivity index (χ0) is 9.07. The van der Waals surface area contributed by atoms with Crippen LogP contribution in [0.25, 0.3) is 0 Å². The van der Waals surface area contributed by atoms with Crippen LogP contribution in [0.15, 0.2) is 12.2 Å². The minimum Gasteiger partial charge on any atom is -0.219 e. The van der Waals surface area contributed by atoms with E-state index < -0.39 is 0 Å². The van der Waals surface area contributed by atoms with E-state index in [0.29, 0.717) is 6.61 Å². The second-order valence-corrected chi connectivity index (χ2v) is 1.81. The first-order valence-electron chi connectivity index (χ1n) is 3.46. The fourth-order valence-corrected chi connectivity index (χ4v) is 0.504. The summed E-state index contributed by atoms with van der Waals surface area (Å²) in [5, 5.41) is 21.7. The van der Waals surface area contributed by atoms with E-state index in [2.05, 4.69) is 25.0 Å². The molecule has 0 saturated carbocycles. The van der Waals surface area contributed by atoms with Crippen LogP contribution in [0.4, 0.5) is 0 Å². The van der Waals surface area contributed by atoms with Crippen molar-refractivity contribution in [2.24, 2.45) is 0 Å². The molecule has 0 aliphatic carbocycles. The van der Waals surface area contributed by atoms with Gasteiger partial charge in [0.25, 0.3) is 0 Å². The Morgan fingerprint density at radius 1 is 1.25 bits per heavy atom. The van der Waals surface area contributed by atoms with E-state index in [-0.39, 0.29) is 0 Å². The molecule has 0 unspecified atom stereocenters. The highest BCUT2D eigenvalue weighted by Gasteiger charge is 1.90. The van der Waals surface area contributed by atoms with Gasteiger partial charge in [-0.3, -0.25) is 0 Å². The van der Waals surface area contributed by atoms with Crippen LogP contribution in [0.3, 0.4) is 0 Å². The summed E-state index contributed by atoms with van der Waals surface area (Å²) in [7, 11) is 0. The highest BCUT2D eigenvalue weighted by atomic mass is 17.8. The molecule has 6 heteroatoms. The van der Waals surface area contributed by atoms with Crippen LogP contribution in [-0.4, -0.2) is 11.9 Å². The first-order chi connectivity index (χ1) is 5.91. The third-order valence-corrected chi connectivity index (χ3v) is 0.968. The van der Waals surface area contributed by atoms with Crippen LogP contribution in [0, 0.1) is 0 Å². The lowest BCUT2D eigenvalue weighted by Gasteiger charge is -1.97. The van der Waals surface area contributed by atoms with Gasteiger partial charge in [0.2, 0.25) is 0 Å². The van der Waals surface area contributed by atoms with Crippen molar-refractivity contribution in [3.8, 4) is 0 Å². The molecule has 1 N–H and O–H groups in total. The number of unbranched alkanes of at least 4 members (excludes halogenated alkanes) is 1. The fourth-order valence-electron chi connectivity index (χ4n) is 0.504. The molecule has 0 aromatic rings. The van der Waals surface area contributed by atoms with Crippen molar-refractivity contribution in [2.45, 2.75) is 19.8 Å². The van der Waals surface area contributed by atoms with Crippen molar-refractivity contribution in [2.75, 3.05) is 6.61 Å². The first kappa shape index (κ1) is 11.5. The van der Waals surface area contributed by atoms with Gasteiger partial charge in [-0.25, -0.2) is 10.1 Å². The van der Waals surface area contributed by atoms with Gasteiger partial charge in [0, 0.05) is 0 Å². The highest BCUT2D eigenvalue weighted by Crippen LogP contribution is 1.92. The van der Waals surface area contributed by atoms with Crippen LogP contribution in [0.1, 0.15) is 19.8 Å². The van der Waals surface area contributed by atoms with Crippen molar-refractivity contribution in [3.05, 3.63) is 12.2 Å². The summed E-state index contributed by atoms with van der Waals surface area (Å²) in [6, 6.07) is 0. The van der Waals surface area contributed by atoms with E-state index >= 15 is 0 Å². The molecule has 0 rings (SSSR count). The lowest BCUT2D eigenvalue weighted by Crippen LogP contribution is -1.99. The Balaban J connectivity index is 2.81. The third kappa shape index (κ3) is 9.50. The van der Waals surface area contributed by atoms with Crippen molar-refractivity contribution in [1.29, 1.82) is 0 Å². The molecule has 6 nitrogen and oxygen atoms in total. The molecule has 0 aromatic carbocycles. The van der Waals surface area contributed by atoms with Crippen molar-refractivity contribution in [1.82, 2.24) is 0 Å². The lowest BCUT2D eigenvalue weighted by molar-refractivity contribution is -0.753. The summed E-state index contributed by atoms with van der Waals surface area (Å²) >= 11 is 0. The Kier molecular flexibility index (Phi) is 10.1. The molecule has 0 spiro atoms. The lowest BCUT2D eigenvalue weighted by atomic mass is 10.3. The normalized spacial score (nSPS) is 11.2. The number of allylic oxidation sites excluding steroid dienone is 2. The Bertz CT molecular complexity index is 104. The Morgan fingerprint density at radius 3 is 2.75 bits per heavy atom. The Hall–Kier alpha value is -0.500. The number of hydrogen-bond donors (Lipinski definition) is 1. The molecule has 0 aromatic heterocycles. The van der Waals surface area contributed by atoms with E-state index in [1.165, 1.54) is 0 Å². The van der Waals surface area contributed by atoms with Crippen LogP contribution in [0.5, 0.6) is 0 Å². The molecule has 0 fully saturated rings. The molecule has 0 atom stereocenters. The van der Waals surface area contributed by atoms with Gasteiger partial charge in [-0.1, -0.05) is 12.2 Å². The average Bonchev–Trinajstić information content (AvgIpc) is 2.10. The van der Waals surface area contributed by atoms with E-state index in [1.807, 2.05) is 19.1 Å². The van der Waals surface area contributed by atoms with Crippen LogP contribution in [0.2, 0.25) is 0 Å². The smallest absolute Gasteiger partial charge is 0.0857 e. The summed E-state index contributed by atoms with van der Waals surface area (Å²) in [6.07, 6.45) is 5.64. The van der Waals surface area contributed by atoms with Gasteiger partial charge in [0.15, 0.2) is 0 Å². The van der Waals surface area contributed by atoms with Crippen molar-refractivity contribution in [3.63, 3.8) is 0 Å². The predicted molar refractivity (Wildman–Crippen MR) is 37.0 cm³/mol. The summed E-state index contributed by atoms with van der Waals surface area (Å²) in [6.45, 7) is 2.30. The SMILES string of the molecule is C/C=C\CCCOOOOOO. The summed E-state index contributed by atoms with van der Waals surface area (Å²) in [5.41, 5.74) is 0. The van der Waals surface area contributed by atoms with E-state index in [1.54, 1.807) is 0 Å². The van der Waals surface area contributed by atoms with Gasteiger partial charge in [0.05, 0.1) is 6.61 Å². The minimum absolute atomic E-state index is 0.360. The predicted octanol–water partition coefficient (Wildman–Crippen LogP) is 1.56. The van der Waals surface area contributed by atoms with Gasteiger partial charge >= 0.3 is 0 Å². The third-order valence-electron chi connectivity index (χ3n) is 0.968. The van der Waals surface area contributed by atoms with E-state index in [9.17, 15) is 0 Å². The Labute approximate surface area is 69.9 Å². The summed E-state index contributed by atoms with van der Waals surface area (Å²) in [4.78, 5) is 4.41. The van der Waals surface area contributed by atoms with Crippen LogP contribution < -0.4 is 0 Å². The van der Waals surface area contributed by atoms with Gasteiger partial charge in [-0.05, 0) is 39.9 Å². The van der Waals surface area contributed by atoms with Gasteiger partial charge in [0.1, 0.15) is 0 Å². The maximum Gasteiger partial charge on any atom is 0.0857 e. The topological polar surface area (TPSA) is 66.4 Å². The number of rotatable bonds is 8. The van der Waals surface area contributed by atoms with Gasteiger partial charge < -0.3 is 0 Å². The second kappa shape index (κ2) is 10.5. The first-order valence-corrected chi connectivity index (χ1v) is 3.46. The summed E-state index contributed by atoms with van der Waals surface area (Å²) in [5.74, 6) is 0. The van der Waals surface area contributed by atoms with E-state index in [4.69, 9.17) is 5.26 Å². The maximum absolute atomic E-state index is 7.55. The maximum atomic E-state index is 7.55. The summed E-state index contributed by atoms with van der Waals surface area (Å²) < 4.78 is 0. The molecule has 0 aliphatic heterocycles. The molecule has 12 heavy (non-hydrogen) atoms. The molecule has 0 radical (unpaired) electrons. The Morgan fingerprint density at radius 2 is 2.08 bits per heavy atom. The largest absolute Gasteiger partial charge is 0.219 e. The molecule has 72 valence electrons. The van der Waals surface area contributed by atoms with Crippen LogP contribution >= 0.6 is 0 Å². The van der Waals surface area contributed by atoms with Gasteiger partial charge in [-0.2, -0.15) is 0 Å². The zero-order valence-corrected chi connectivity index (χ0v) is 6.76. The number of hydrogen-bond acceptors (Lipinski definition) is 6. The molecule has 0 amide bonds. The monoisotopic (exact) mass is 180 g/mol.